The zero-order chi connectivity index (χ0) is 18.6. The van der Waals surface area contributed by atoms with Gasteiger partial charge in [0, 0.05) is 24.7 Å². The first-order valence-electron chi connectivity index (χ1n) is 8.77. The number of anilines is 1. The van der Waals surface area contributed by atoms with Crippen LogP contribution >= 0.6 is 11.6 Å². The van der Waals surface area contributed by atoms with E-state index in [0.717, 1.165) is 19.5 Å². The lowest BCUT2D eigenvalue weighted by Gasteiger charge is -2.30. The summed E-state index contributed by atoms with van der Waals surface area (Å²) in [5.74, 6) is 0.127. The first-order chi connectivity index (χ1) is 11.7. The van der Waals surface area contributed by atoms with Crippen LogP contribution in [0.25, 0.3) is 0 Å². The van der Waals surface area contributed by atoms with Crippen molar-refractivity contribution in [1.82, 2.24) is 10.6 Å². The van der Waals surface area contributed by atoms with Crippen LogP contribution in [0.1, 0.15) is 50.9 Å². The van der Waals surface area contributed by atoms with Gasteiger partial charge in [0.25, 0.3) is 5.91 Å². The predicted molar refractivity (Wildman–Crippen MR) is 102 cm³/mol. The fourth-order valence-electron chi connectivity index (χ4n) is 2.89. The van der Waals surface area contributed by atoms with Crippen LogP contribution in [0, 0.1) is 11.3 Å². The Morgan fingerprint density at radius 3 is 2.68 bits per heavy atom. The maximum atomic E-state index is 12.6. The van der Waals surface area contributed by atoms with Crippen molar-refractivity contribution in [2.24, 2.45) is 11.3 Å². The highest BCUT2D eigenvalue weighted by molar-refractivity contribution is 6.34. The minimum absolute atomic E-state index is 0.0775. The van der Waals surface area contributed by atoms with E-state index >= 15 is 0 Å². The summed E-state index contributed by atoms with van der Waals surface area (Å²) in [7, 11) is 0. The lowest BCUT2D eigenvalue weighted by atomic mass is 9.92. The zero-order valence-corrected chi connectivity index (χ0v) is 16.2. The van der Waals surface area contributed by atoms with E-state index in [-0.39, 0.29) is 23.3 Å². The topological polar surface area (TPSA) is 70.2 Å². The third-order valence-corrected chi connectivity index (χ3v) is 4.66. The summed E-state index contributed by atoms with van der Waals surface area (Å²) in [5, 5.41) is 9.56. The molecule has 6 heteroatoms. The molecule has 2 unspecified atom stereocenters. The highest BCUT2D eigenvalue weighted by Crippen LogP contribution is 2.23. The van der Waals surface area contributed by atoms with Gasteiger partial charge in [-0.05, 0) is 42.5 Å². The molecule has 3 N–H and O–H groups in total. The molecular weight excluding hydrogens is 338 g/mol. The van der Waals surface area contributed by atoms with Crippen molar-refractivity contribution in [3.8, 4) is 0 Å². The molecule has 1 aromatic rings. The molecule has 0 aromatic heterocycles. The number of hydrogen-bond acceptors (Lipinski definition) is 3. The first-order valence-corrected chi connectivity index (χ1v) is 9.14. The third-order valence-electron chi connectivity index (χ3n) is 4.33. The van der Waals surface area contributed by atoms with E-state index in [9.17, 15) is 9.59 Å². The number of nitrogens with one attached hydrogen (secondary N) is 3. The first kappa shape index (κ1) is 19.7. The Morgan fingerprint density at radius 2 is 2.04 bits per heavy atom. The third kappa shape index (κ3) is 6.01. The van der Waals surface area contributed by atoms with E-state index in [0.29, 0.717) is 28.6 Å². The summed E-state index contributed by atoms with van der Waals surface area (Å²) in [6.45, 7) is 9.89. The maximum absolute atomic E-state index is 12.6. The lowest BCUT2D eigenvalue weighted by Crippen LogP contribution is -2.50. The van der Waals surface area contributed by atoms with Crippen LogP contribution in [0.2, 0.25) is 5.02 Å². The van der Waals surface area contributed by atoms with Crippen LogP contribution < -0.4 is 16.0 Å². The largest absolute Gasteiger partial charge is 0.348 e. The summed E-state index contributed by atoms with van der Waals surface area (Å²) >= 11 is 6.20. The Morgan fingerprint density at radius 1 is 1.32 bits per heavy atom. The van der Waals surface area contributed by atoms with Crippen molar-refractivity contribution in [2.75, 3.05) is 18.4 Å². The van der Waals surface area contributed by atoms with Crippen LogP contribution in [0.4, 0.5) is 5.69 Å². The summed E-state index contributed by atoms with van der Waals surface area (Å²) < 4.78 is 0. The van der Waals surface area contributed by atoms with Crippen molar-refractivity contribution < 1.29 is 9.59 Å². The molecule has 1 aliphatic rings. The molecule has 5 nitrogen and oxygen atoms in total. The highest BCUT2D eigenvalue weighted by Gasteiger charge is 2.24. The number of hydrogen-bond donors (Lipinski definition) is 3. The lowest BCUT2D eigenvalue weighted by molar-refractivity contribution is -0.117. The van der Waals surface area contributed by atoms with Crippen molar-refractivity contribution in [1.29, 1.82) is 0 Å². The molecule has 2 rings (SSSR count). The molecule has 1 heterocycles. The number of halogens is 1. The van der Waals surface area contributed by atoms with E-state index in [1.54, 1.807) is 18.2 Å². The van der Waals surface area contributed by atoms with E-state index in [1.807, 2.05) is 20.8 Å². The van der Waals surface area contributed by atoms with Gasteiger partial charge in [0.1, 0.15) is 0 Å². The SMILES string of the molecule is CC1CCNCC1NC(=O)c1cc(NC(=O)CC(C)(C)C)ccc1Cl. The fraction of sp³-hybridized carbons (Fsp3) is 0.579. The Labute approximate surface area is 154 Å². The average molecular weight is 366 g/mol. The standard InChI is InChI=1S/C19H28ClN3O2/c1-12-7-8-21-11-16(12)23-18(25)14-9-13(5-6-15(14)20)22-17(24)10-19(2,3)4/h5-6,9,12,16,21H,7-8,10-11H2,1-4H3,(H,22,24)(H,23,25). The Bertz CT molecular complexity index is 640. The molecule has 0 aliphatic carbocycles. The van der Waals surface area contributed by atoms with Gasteiger partial charge in [0.2, 0.25) is 5.91 Å². The molecule has 25 heavy (non-hydrogen) atoms. The van der Waals surface area contributed by atoms with Crippen molar-refractivity contribution >= 4 is 29.1 Å². The molecule has 1 saturated heterocycles. The molecule has 1 aliphatic heterocycles. The molecule has 0 spiro atoms. The van der Waals surface area contributed by atoms with Crippen LogP contribution in [-0.4, -0.2) is 30.9 Å². The summed E-state index contributed by atoms with van der Waals surface area (Å²) in [6, 6.07) is 5.08. The van der Waals surface area contributed by atoms with Gasteiger partial charge in [-0.1, -0.05) is 39.3 Å². The van der Waals surface area contributed by atoms with Crippen LogP contribution in [0.15, 0.2) is 18.2 Å². The van der Waals surface area contributed by atoms with Gasteiger partial charge >= 0.3 is 0 Å². The Balaban J connectivity index is 2.07. The molecule has 0 bridgehead atoms. The number of piperidine rings is 1. The van der Waals surface area contributed by atoms with Crippen molar-refractivity contribution in [3.63, 3.8) is 0 Å². The number of benzene rings is 1. The van der Waals surface area contributed by atoms with Gasteiger partial charge in [-0.15, -0.1) is 0 Å². The minimum Gasteiger partial charge on any atom is -0.348 e. The monoisotopic (exact) mass is 365 g/mol. The second-order valence-electron chi connectivity index (χ2n) is 8.03. The van der Waals surface area contributed by atoms with Crippen molar-refractivity contribution in [3.05, 3.63) is 28.8 Å². The zero-order valence-electron chi connectivity index (χ0n) is 15.4. The second kappa shape index (κ2) is 8.19. The second-order valence-corrected chi connectivity index (χ2v) is 8.44. The van der Waals surface area contributed by atoms with Crippen LogP contribution in [-0.2, 0) is 4.79 Å². The molecule has 1 fully saturated rings. The number of carbonyl (C=O) groups excluding carboxylic acids is 2. The molecule has 138 valence electrons. The Kier molecular flexibility index (Phi) is 6.47. The Hall–Kier alpha value is -1.59. The molecule has 1 aromatic carbocycles. The van der Waals surface area contributed by atoms with Gasteiger partial charge in [-0.25, -0.2) is 0 Å². The van der Waals surface area contributed by atoms with E-state index < -0.39 is 0 Å². The predicted octanol–water partition coefficient (Wildman–Crippen LogP) is 3.44. The molecular formula is C19H28ClN3O2. The van der Waals surface area contributed by atoms with Crippen LogP contribution in [0.5, 0.6) is 0 Å². The number of rotatable bonds is 4. The fourth-order valence-corrected chi connectivity index (χ4v) is 3.10. The van der Waals surface area contributed by atoms with Crippen LogP contribution in [0.3, 0.4) is 0 Å². The van der Waals surface area contributed by atoms with Gasteiger partial charge in [0.05, 0.1) is 10.6 Å². The number of amides is 2. The van der Waals surface area contributed by atoms with E-state index in [2.05, 4.69) is 22.9 Å². The highest BCUT2D eigenvalue weighted by atomic mass is 35.5. The summed E-state index contributed by atoms with van der Waals surface area (Å²) in [6.07, 6.45) is 1.43. The summed E-state index contributed by atoms with van der Waals surface area (Å²) in [4.78, 5) is 24.7. The molecule has 2 amide bonds. The number of carbonyl (C=O) groups is 2. The smallest absolute Gasteiger partial charge is 0.253 e. The van der Waals surface area contributed by atoms with Gasteiger partial charge in [-0.3, -0.25) is 9.59 Å². The maximum Gasteiger partial charge on any atom is 0.253 e. The van der Waals surface area contributed by atoms with Gasteiger partial charge in [0.15, 0.2) is 0 Å². The van der Waals surface area contributed by atoms with E-state index in [4.69, 9.17) is 11.6 Å². The average Bonchev–Trinajstić information content (AvgIpc) is 2.49. The normalized spacial score (nSPS) is 20.8. The molecule has 0 radical (unpaired) electrons. The minimum atomic E-state index is -0.211. The van der Waals surface area contributed by atoms with E-state index in [1.165, 1.54) is 0 Å². The summed E-state index contributed by atoms with van der Waals surface area (Å²) in [5.41, 5.74) is 0.868. The molecule has 0 saturated carbocycles. The van der Waals surface area contributed by atoms with Gasteiger partial charge in [-0.2, -0.15) is 0 Å². The van der Waals surface area contributed by atoms with Crippen molar-refractivity contribution in [2.45, 2.75) is 46.6 Å². The quantitative estimate of drug-likeness (QED) is 0.765. The van der Waals surface area contributed by atoms with Gasteiger partial charge < -0.3 is 16.0 Å². The molecule has 2 atom stereocenters.